The smallest absolute Gasteiger partial charge is 0.165 e. The van der Waals surface area contributed by atoms with Crippen LogP contribution in [0.25, 0.3) is 6.08 Å². The lowest BCUT2D eigenvalue weighted by atomic mass is 9.70. The number of carbonyl (C=O) groups excluding carboxylic acids is 1. The molecule has 2 saturated carbocycles. The molecule has 1 aromatic rings. The molecule has 0 radical (unpaired) electrons. The Hall–Kier alpha value is -1.37. The predicted molar refractivity (Wildman–Crippen MR) is 87.9 cm³/mol. The van der Waals surface area contributed by atoms with E-state index >= 15 is 0 Å². The highest BCUT2D eigenvalue weighted by Gasteiger charge is 2.63. The summed E-state index contributed by atoms with van der Waals surface area (Å²) in [5.41, 5.74) is 3.36. The predicted octanol–water partition coefficient (Wildman–Crippen LogP) is 4.90. The highest BCUT2D eigenvalue weighted by molar-refractivity contribution is 6.07. The lowest BCUT2D eigenvalue weighted by Gasteiger charge is -2.32. The summed E-state index contributed by atoms with van der Waals surface area (Å²) in [5.74, 6) is 2.46. The minimum Gasteiger partial charge on any atom is -0.294 e. The van der Waals surface area contributed by atoms with Crippen LogP contribution < -0.4 is 0 Å². The van der Waals surface area contributed by atoms with E-state index in [2.05, 4.69) is 65.0 Å². The first-order chi connectivity index (χ1) is 9.85. The van der Waals surface area contributed by atoms with Crippen molar-refractivity contribution in [2.24, 2.45) is 29.1 Å². The van der Waals surface area contributed by atoms with Crippen molar-refractivity contribution >= 4 is 11.9 Å². The zero-order chi connectivity index (χ0) is 15.4. The molecule has 0 spiro atoms. The molecule has 0 aromatic heterocycles. The largest absolute Gasteiger partial charge is 0.294 e. The molecule has 0 saturated heterocycles. The van der Waals surface area contributed by atoms with E-state index in [1.54, 1.807) is 0 Å². The monoisotopic (exact) mass is 282 g/mol. The van der Waals surface area contributed by atoms with Crippen molar-refractivity contribution in [1.29, 1.82) is 0 Å². The van der Waals surface area contributed by atoms with Gasteiger partial charge in [-0.3, -0.25) is 4.79 Å². The van der Waals surface area contributed by atoms with Crippen LogP contribution in [0.5, 0.6) is 0 Å². The first kappa shape index (κ1) is 14.6. The number of hydrogen-bond donors (Lipinski definition) is 0. The molecule has 1 heteroatoms. The van der Waals surface area contributed by atoms with Crippen LogP contribution in [0, 0.1) is 36.0 Å². The fraction of sp³-hybridized carbons (Fsp3) is 0.550. The van der Waals surface area contributed by atoms with E-state index in [0.29, 0.717) is 29.5 Å². The third kappa shape index (κ3) is 2.01. The molecule has 4 unspecified atom stereocenters. The Labute approximate surface area is 128 Å². The van der Waals surface area contributed by atoms with Crippen LogP contribution in [0.2, 0.25) is 0 Å². The molecule has 3 rings (SSSR count). The Balaban J connectivity index is 2.03. The number of fused-ring (bicyclic) bond motifs is 2. The lowest BCUT2D eigenvalue weighted by Crippen LogP contribution is -2.35. The molecule has 2 fully saturated rings. The Morgan fingerprint density at radius 2 is 1.86 bits per heavy atom. The second kappa shape index (κ2) is 4.83. The Morgan fingerprint density at radius 3 is 2.38 bits per heavy atom. The maximum Gasteiger partial charge on any atom is 0.165 e. The van der Waals surface area contributed by atoms with Gasteiger partial charge in [0, 0.05) is 5.41 Å². The molecule has 112 valence electrons. The van der Waals surface area contributed by atoms with E-state index in [0.717, 1.165) is 11.1 Å². The summed E-state index contributed by atoms with van der Waals surface area (Å²) in [6.07, 6.45) is 3.32. The maximum absolute atomic E-state index is 13.0. The summed E-state index contributed by atoms with van der Waals surface area (Å²) < 4.78 is 0. The molecule has 1 aromatic carbocycles. The number of benzene rings is 1. The topological polar surface area (TPSA) is 17.1 Å². The second-order valence-corrected chi connectivity index (χ2v) is 7.64. The zero-order valence-electron chi connectivity index (χ0n) is 13.8. The first-order valence-corrected chi connectivity index (χ1v) is 8.18. The lowest BCUT2D eigenvalue weighted by molar-refractivity contribution is -0.126. The van der Waals surface area contributed by atoms with Crippen molar-refractivity contribution in [3.63, 3.8) is 0 Å². The van der Waals surface area contributed by atoms with E-state index in [1.165, 1.54) is 12.0 Å². The van der Waals surface area contributed by atoms with Crippen molar-refractivity contribution < 1.29 is 4.79 Å². The first-order valence-electron chi connectivity index (χ1n) is 8.18. The van der Waals surface area contributed by atoms with Crippen LogP contribution >= 0.6 is 0 Å². The van der Waals surface area contributed by atoms with Gasteiger partial charge in [-0.05, 0) is 54.2 Å². The van der Waals surface area contributed by atoms with Crippen LogP contribution in [0.1, 0.15) is 45.2 Å². The molecular formula is C20H26O. The zero-order valence-corrected chi connectivity index (χ0v) is 13.8. The molecule has 2 aliphatic rings. The minimum atomic E-state index is -0.143. The highest BCUT2D eigenvalue weighted by Crippen LogP contribution is 2.63. The Bertz CT molecular complexity index is 593. The number of ketones is 1. The molecule has 21 heavy (non-hydrogen) atoms. The van der Waals surface area contributed by atoms with Crippen LogP contribution in [-0.2, 0) is 4.79 Å². The van der Waals surface area contributed by atoms with E-state index < -0.39 is 0 Å². The van der Waals surface area contributed by atoms with Gasteiger partial charge in [0.05, 0.1) is 0 Å². The average Bonchev–Trinajstić information content (AvgIpc) is 2.80. The Kier molecular flexibility index (Phi) is 3.35. The number of Topliss-reactive ketones (excluding diaryl/α,β-unsaturated/α-hetero) is 1. The standard InChI is InChI=1S/C20H26O/c1-12(2)18-16-10-14(4)20(18,5)19(21)17(16)11-15-8-6-13(3)7-9-15/h6-9,11-12,14,16,18H,10H2,1-5H3/b17-11-. The average molecular weight is 282 g/mol. The summed E-state index contributed by atoms with van der Waals surface area (Å²) in [4.78, 5) is 13.0. The summed E-state index contributed by atoms with van der Waals surface area (Å²) in [7, 11) is 0. The molecule has 0 heterocycles. The fourth-order valence-corrected chi connectivity index (χ4v) is 4.87. The second-order valence-electron chi connectivity index (χ2n) is 7.64. The molecule has 4 atom stereocenters. The van der Waals surface area contributed by atoms with Crippen LogP contribution in [-0.4, -0.2) is 5.78 Å². The van der Waals surface area contributed by atoms with Gasteiger partial charge >= 0.3 is 0 Å². The van der Waals surface area contributed by atoms with Gasteiger partial charge in [-0.1, -0.05) is 57.5 Å². The third-order valence-corrected chi connectivity index (χ3v) is 6.03. The van der Waals surface area contributed by atoms with E-state index in [4.69, 9.17) is 0 Å². The summed E-state index contributed by atoms with van der Waals surface area (Å²) in [6.45, 7) is 11.1. The van der Waals surface area contributed by atoms with Gasteiger partial charge in [0.15, 0.2) is 5.78 Å². The number of carbonyl (C=O) groups is 1. The van der Waals surface area contributed by atoms with Crippen LogP contribution in [0.4, 0.5) is 0 Å². The summed E-state index contributed by atoms with van der Waals surface area (Å²) in [5, 5.41) is 0. The molecule has 2 aliphatic carbocycles. The third-order valence-electron chi connectivity index (χ3n) is 6.03. The minimum absolute atomic E-state index is 0.143. The van der Waals surface area contributed by atoms with Gasteiger partial charge in [0.1, 0.15) is 0 Å². The van der Waals surface area contributed by atoms with Crippen LogP contribution in [0.3, 0.4) is 0 Å². The van der Waals surface area contributed by atoms with Gasteiger partial charge in [0.25, 0.3) is 0 Å². The number of aryl methyl sites for hydroxylation is 1. The molecular weight excluding hydrogens is 256 g/mol. The van der Waals surface area contributed by atoms with Crippen molar-refractivity contribution in [3.05, 3.63) is 41.0 Å². The SMILES string of the molecule is Cc1ccc(/C=C2\C(=O)C3(C)C(C)CC2C3C(C)C)cc1. The van der Waals surface area contributed by atoms with Crippen molar-refractivity contribution in [1.82, 2.24) is 0 Å². The number of rotatable bonds is 2. The fourth-order valence-electron chi connectivity index (χ4n) is 4.87. The number of allylic oxidation sites excluding steroid dienone is 1. The normalized spacial score (nSPS) is 37.0. The molecule has 2 bridgehead atoms. The molecule has 0 N–H and O–H groups in total. The van der Waals surface area contributed by atoms with Gasteiger partial charge < -0.3 is 0 Å². The molecule has 1 nitrogen and oxygen atoms in total. The quantitative estimate of drug-likeness (QED) is 0.705. The van der Waals surface area contributed by atoms with E-state index in [-0.39, 0.29) is 5.41 Å². The van der Waals surface area contributed by atoms with Crippen molar-refractivity contribution in [3.8, 4) is 0 Å². The molecule has 0 aliphatic heterocycles. The molecule has 0 amide bonds. The summed E-state index contributed by atoms with van der Waals surface area (Å²) >= 11 is 0. The maximum atomic E-state index is 13.0. The highest BCUT2D eigenvalue weighted by atomic mass is 16.1. The van der Waals surface area contributed by atoms with Gasteiger partial charge in [-0.2, -0.15) is 0 Å². The van der Waals surface area contributed by atoms with E-state index in [1.807, 2.05) is 0 Å². The number of hydrogen-bond acceptors (Lipinski definition) is 1. The van der Waals surface area contributed by atoms with E-state index in [9.17, 15) is 4.79 Å². The summed E-state index contributed by atoms with van der Waals surface area (Å²) in [6, 6.07) is 8.48. The van der Waals surface area contributed by atoms with Gasteiger partial charge in [-0.15, -0.1) is 0 Å². The Morgan fingerprint density at radius 1 is 1.24 bits per heavy atom. The van der Waals surface area contributed by atoms with Gasteiger partial charge in [-0.25, -0.2) is 0 Å². The van der Waals surface area contributed by atoms with Gasteiger partial charge in [0.2, 0.25) is 0 Å². The van der Waals surface area contributed by atoms with Crippen LogP contribution in [0.15, 0.2) is 29.8 Å². The van der Waals surface area contributed by atoms with Crippen molar-refractivity contribution in [2.75, 3.05) is 0 Å². The van der Waals surface area contributed by atoms with Crippen molar-refractivity contribution in [2.45, 2.75) is 41.0 Å².